The minimum absolute atomic E-state index is 0.0804. The van der Waals surface area contributed by atoms with Gasteiger partial charge < -0.3 is 9.67 Å². The Hall–Kier alpha value is -1.70. The quantitative estimate of drug-likeness (QED) is 0.662. The van der Waals surface area contributed by atoms with Crippen LogP contribution in [0.5, 0.6) is 0 Å². The van der Waals surface area contributed by atoms with Gasteiger partial charge in [-0.3, -0.25) is 0 Å². The second-order valence-electron chi connectivity index (χ2n) is 4.98. The molecule has 3 aromatic rings. The van der Waals surface area contributed by atoms with Crippen molar-refractivity contribution in [2.45, 2.75) is 37.4 Å². The molecule has 0 radical (unpaired) electrons. The van der Waals surface area contributed by atoms with E-state index in [0.29, 0.717) is 5.82 Å². The first kappa shape index (κ1) is 16.2. The molecule has 0 atom stereocenters. The zero-order chi connectivity index (χ0) is 16.1. The van der Waals surface area contributed by atoms with Crippen molar-refractivity contribution in [3.63, 3.8) is 0 Å². The van der Waals surface area contributed by atoms with Crippen molar-refractivity contribution in [3.8, 4) is 10.4 Å². The van der Waals surface area contributed by atoms with Crippen molar-refractivity contribution in [3.05, 3.63) is 47.4 Å². The fraction of sp³-hybridized carbons (Fsp3) is 0.312. The van der Waals surface area contributed by atoms with E-state index < -0.39 is 0 Å². The molecule has 0 fully saturated rings. The van der Waals surface area contributed by atoms with Crippen LogP contribution < -0.4 is 0 Å². The molecule has 5 nitrogen and oxygen atoms in total. The highest BCUT2D eigenvalue weighted by atomic mass is 32.2. The number of rotatable bonds is 7. The number of thioether (sulfide) groups is 1. The third-order valence-corrected chi connectivity index (χ3v) is 5.53. The van der Waals surface area contributed by atoms with E-state index in [1.807, 2.05) is 29.0 Å². The minimum Gasteiger partial charge on any atom is -0.388 e. The van der Waals surface area contributed by atoms with Gasteiger partial charge in [0.15, 0.2) is 11.0 Å². The highest BCUT2D eigenvalue weighted by Crippen LogP contribution is 2.30. The number of hydrogen-bond donors (Lipinski definition) is 1. The van der Waals surface area contributed by atoms with Crippen LogP contribution in [0.25, 0.3) is 10.4 Å². The summed E-state index contributed by atoms with van der Waals surface area (Å²) in [6.45, 7) is 2.84. The van der Waals surface area contributed by atoms with E-state index in [0.717, 1.165) is 28.9 Å². The molecular formula is C16H18N4OS2. The summed E-state index contributed by atoms with van der Waals surface area (Å²) < 4.78 is 1.98. The monoisotopic (exact) mass is 346 g/mol. The summed E-state index contributed by atoms with van der Waals surface area (Å²) in [5, 5.41) is 19.5. The Morgan fingerprint density at radius 1 is 1.22 bits per heavy atom. The maximum atomic E-state index is 9.33. The number of thiazole rings is 1. The summed E-state index contributed by atoms with van der Waals surface area (Å²) in [5.41, 5.74) is 1.19. The van der Waals surface area contributed by atoms with Crippen LogP contribution in [0, 0.1) is 0 Å². The molecule has 0 saturated heterocycles. The van der Waals surface area contributed by atoms with Gasteiger partial charge in [0, 0.05) is 12.7 Å². The molecule has 0 aliphatic heterocycles. The van der Waals surface area contributed by atoms with Crippen molar-refractivity contribution in [1.82, 2.24) is 19.7 Å². The fourth-order valence-electron chi connectivity index (χ4n) is 2.23. The van der Waals surface area contributed by atoms with Gasteiger partial charge in [-0.15, -0.1) is 21.5 Å². The van der Waals surface area contributed by atoms with Crippen molar-refractivity contribution in [1.29, 1.82) is 0 Å². The van der Waals surface area contributed by atoms with Gasteiger partial charge in [-0.1, -0.05) is 49.0 Å². The molecule has 0 saturated carbocycles. The summed E-state index contributed by atoms with van der Waals surface area (Å²) in [6, 6.07) is 10.3. The van der Waals surface area contributed by atoms with Crippen LogP contribution in [0.3, 0.4) is 0 Å². The Kier molecular flexibility index (Phi) is 5.43. The molecular weight excluding hydrogens is 328 g/mol. The Labute approximate surface area is 143 Å². The second kappa shape index (κ2) is 7.72. The maximum absolute atomic E-state index is 9.33. The molecule has 7 heteroatoms. The van der Waals surface area contributed by atoms with E-state index in [-0.39, 0.29) is 6.61 Å². The first-order valence-corrected chi connectivity index (χ1v) is 9.28. The Bertz CT molecular complexity index is 755. The van der Waals surface area contributed by atoms with Crippen LogP contribution in [0.2, 0.25) is 0 Å². The SMILES string of the molecule is CCCn1c(CO)nnc1SCc1ncc(-c2ccccc2)s1. The molecule has 0 bridgehead atoms. The van der Waals surface area contributed by atoms with Gasteiger partial charge in [-0.25, -0.2) is 4.98 Å². The minimum atomic E-state index is -0.0804. The molecule has 0 spiro atoms. The van der Waals surface area contributed by atoms with Crippen LogP contribution in [-0.4, -0.2) is 24.9 Å². The van der Waals surface area contributed by atoms with Crippen molar-refractivity contribution in [2.24, 2.45) is 0 Å². The number of aromatic nitrogens is 4. The molecule has 0 aliphatic carbocycles. The third-order valence-electron chi connectivity index (χ3n) is 3.32. The number of hydrogen-bond acceptors (Lipinski definition) is 6. The Balaban J connectivity index is 1.70. The molecule has 1 N–H and O–H groups in total. The van der Waals surface area contributed by atoms with Gasteiger partial charge in [0.1, 0.15) is 11.6 Å². The zero-order valence-electron chi connectivity index (χ0n) is 12.8. The summed E-state index contributed by atoms with van der Waals surface area (Å²) in [6.07, 6.45) is 2.90. The van der Waals surface area contributed by atoms with Crippen molar-refractivity contribution >= 4 is 23.1 Å². The van der Waals surface area contributed by atoms with Crippen LogP contribution >= 0.6 is 23.1 Å². The molecule has 2 heterocycles. The predicted molar refractivity (Wildman–Crippen MR) is 93.3 cm³/mol. The molecule has 1 aromatic carbocycles. The molecule has 0 amide bonds. The lowest BCUT2D eigenvalue weighted by Gasteiger charge is -2.06. The third kappa shape index (κ3) is 3.80. The summed E-state index contributed by atoms with van der Waals surface area (Å²) in [7, 11) is 0. The Morgan fingerprint density at radius 2 is 2.04 bits per heavy atom. The van der Waals surface area contributed by atoms with Crippen LogP contribution in [0.4, 0.5) is 0 Å². The van der Waals surface area contributed by atoms with Crippen LogP contribution in [0.1, 0.15) is 24.2 Å². The zero-order valence-corrected chi connectivity index (χ0v) is 14.5. The molecule has 0 aliphatic rings. The number of aliphatic hydroxyl groups is 1. The number of benzene rings is 1. The van der Waals surface area contributed by atoms with Gasteiger partial charge in [0.2, 0.25) is 0 Å². The molecule has 0 unspecified atom stereocenters. The van der Waals surface area contributed by atoms with Crippen LogP contribution in [0.15, 0.2) is 41.7 Å². The average Bonchev–Trinajstić information content (AvgIpc) is 3.21. The Morgan fingerprint density at radius 3 is 2.78 bits per heavy atom. The largest absolute Gasteiger partial charge is 0.388 e. The molecule has 2 aromatic heterocycles. The lowest BCUT2D eigenvalue weighted by atomic mass is 10.2. The molecule has 3 rings (SSSR count). The van der Waals surface area contributed by atoms with Gasteiger partial charge in [-0.05, 0) is 12.0 Å². The standard InChI is InChI=1S/C16H18N4OS2/c1-2-8-20-14(10-21)18-19-16(20)22-11-15-17-9-13(23-15)12-6-4-3-5-7-12/h3-7,9,21H,2,8,10-11H2,1H3. The van der Waals surface area contributed by atoms with E-state index in [1.165, 1.54) is 10.4 Å². The normalized spacial score (nSPS) is 11.0. The van der Waals surface area contributed by atoms with Gasteiger partial charge >= 0.3 is 0 Å². The van der Waals surface area contributed by atoms with Crippen molar-refractivity contribution in [2.75, 3.05) is 0 Å². The first-order valence-electron chi connectivity index (χ1n) is 7.47. The second-order valence-corrected chi connectivity index (χ2v) is 7.04. The highest BCUT2D eigenvalue weighted by molar-refractivity contribution is 7.98. The van der Waals surface area contributed by atoms with E-state index in [1.54, 1.807) is 23.1 Å². The predicted octanol–water partition coefficient (Wildman–Crippen LogP) is 3.60. The maximum Gasteiger partial charge on any atom is 0.191 e. The van der Waals surface area contributed by atoms with E-state index >= 15 is 0 Å². The van der Waals surface area contributed by atoms with Gasteiger partial charge in [-0.2, -0.15) is 0 Å². The smallest absolute Gasteiger partial charge is 0.191 e. The summed E-state index contributed by atoms with van der Waals surface area (Å²) >= 11 is 3.31. The number of nitrogens with zero attached hydrogens (tertiary/aromatic N) is 4. The van der Waals surface area contributed by atoms with E-state index in [4.69, 9.17) is 0 Å². The van der Waals surface area contributed by atoms with E-state index in [2.05, 4.69) is 34.2 Å². The van der Waals surface area contributed by atoms with E-state index in [9.17, 15) is 5.11 Å². The first-order chi connectivity index (χ1) is 11.3. The lowest BCUT2D eigenvalue weighted by molar-refractivity contribution is 0.263. The highest BCUT2D eigenvalue weighted by Gasteiger charge is 2.12. The van der Waals surface area contributed by atoms with Gasteiger partial charge in [0.25, 0.3) is 0 Å². The lowest BCUT2D eigenvalue weighted by Crippen LogP contribution is -2.04. The molecule has 120 valence electrons. The number of aliphatic hydroxyl groups excluding tert-OH is 1. The summed E-state index contributed by atoms with van der Waals surface area (Å²) in [4.78, 5) is 5.67. The topological polar surface area (TPSA) is 63.8 Å². The average molecular weight is 346 g/mol. The van der Waals surface area contributed by atoms with Crippen molar-refractivity contribution < 1.29 is 5.11 Å². The fourth-order valence-corrected chi connectivity index (χ4v) is 4.14. The molecule has 23 heavy (non-hydrogen) atoms. The van der Waals surface area contributed by atoms with Gasteiger partial charge in [0.05, 0.1) is 10.6 Å². The van der Waals surface area contributed by atoms with Crippen LogP contribution in [-0.2, 0) is 18.9 Å². The summed E-state index contributed by atoms with van der Waals surface area (Å²) in [5.74, 6) is 1.38.